The van der Waals surface area contributed by atoms with E-state index in [2.05, 4.69) is 14.9 Å². The van der Waals surface area contributed by atoms with E-state index in [1.54, 1.807) is 0 Å². The van der Waals surface area contributed by atoms with Crippen LogP contribution in [0.15, 0.2) is 47.8 Å². The van der Waals surface area contributed by atoms with E-state index in [1.807, 2.05) is 30.3 Å². The Bertz CT molecular complexity index is 1100. The fourth-order valence-corrected chi connectivity index (χ4v) is 4.50. The van der Waals surface area contributed by atoms with E-state index in [0.717, 1.165) is 48.8 Å². The number of hydrogen-bond donors (Lipinski definition) is 1. The lowest BCUT2D eigenvalue weighted by Crippen LogP contribution is -2.16. The van der Waals surface area contributed by atoms with Crippen LogP contribution in [0, 0.1) is 0 Å². The Morgan fingerprint density at radius 1 is 1.19 bits per heavy atom. The first-order valence-corrected chi connectivity index (χ1v) is 11.0. The largest absolute Gasteiger partial charge is 0.417 e. The second-order valence-electron chi connectivity index (χ2n) is 7.05. The number of halogens is 4. The summed E-state index contributed by atoms with van der Waals surface area (Å²) in [5, 5.41) is 2.91. The molecular weight excluding hydrogens is 449 g/mol. The van der Waals surface area contributed by atoms with Gasteiger partial charge in [-0.3, -0.25) is 9.36 Å². The fourth-order valence-electron chi connectivity index (χ4n) is 3.44. The summed E-state index contributed by atoms with van der Waals surface area (Å²) >= 11 is 7.14. The van der Waals surface area contributed by atoms with Crippen molar-refractivity contribution in [2.24, 2.45) is 0 Å². The number of alkyl halides is 3. The molecule has 2 aromatic heterocycles. The lowest BCUT2D eigenvalue weighted by atomic mass is 10.0. The molecule has 10 heteroatoms. The number of para-hydroxylation sites is 1. The molecular formula is C21H18ClF3N4OS. The number of nitrogens with one attached hydrogen (secondary N) is 1. The predicted molar refractivity (Wildman–Crippen MR) is 114 cm³/mol. The Kier molecular flexibility index (Phi) is 6.24. The smallest absolute Gasteiger partial charge is 0.309 e. The number of amides is 1. The molecule has 1 N–H and O–H groups in total. The Balaban J connectivity index is 1.50. The summed E-state index contributed by atoms with van der Waals surface area (Å²) in [5.41, 5.74) is 2.21. The third-order valence-corrected chi connectivity index (χ3v) is 6.10. The number of fused-ring (bicyclic) bond motifs is 1. The number of aryl methyl sites for hydroxylation is 1. The molecule has 1 aromatic carbocycles. The van der Waals surface area contributed by atoms with Crippen LogP contribution in [-0.2, 0) is 23.8 Å². The number of nitrogens with zero attached hydrogens (tertiary/aromatic N) is 3. The number of pyridine rings is 1. The van der Waals surface area contributed by atoms with E-state index in [0.29, 0.717) is 11.4 Å². The zero-order valence-electron chi connectivity index (χ0n) is 16.2. The molecule has 0 unspecified atom stereocenters. The molecule has 3 aromatic rings. The molecule has 2 heterocycles. The lowest BCUT2D eigenvalue weighted by Gasteiger charge is -2.15. The minimum absolute atomic E-state index is 0.0156. The standard InChI is InChI=1S/C21H18ClF3N4OS/c22-15-10-13(21(23,24)25)11-26-19(15)28-18(30)12-31-20-27-16-8-4-5-9-17(16)29(20)14-6-2-1-3-7-14/h1-3,6-7,10-11H,4-5,8-9,12H2,(H,26,28,30). The van der Waals surface area contributed by atoms with Crippen LogP contribution in [0.1, 0.15) is 29.8 Å². The van der Waals surface area contributed by atoms with Crippen molar-refractivity contribution in [2.45, 2.75) is 37.0 Å². The van der Waals surface area contributed by atoms with Gasteiger partial charge in [0, 0.05) is 17.6 Å². The molecule has 31 heavy (non-hydrogen) atoms. The average Bonchev–Trinajstić information content (AvgIpc) is 3.12. The molecule has 0 radical (unpaired) electrons. The Hall–Kier alpha value is -2.52. The molecule has 4 rings (SSSR count). The van der Waals surface area contributed by atoms with Crippen LogP contribution in [0.25, 0.3) is 5.69 Å². The third-order valence-electron chi connectivity index (χ3n) is 4.88. The van der Waals surface area contributed by atoms with Gasteiger partial charge in [0.05, 0.1) is 22.0 Å². The van der Waals surface area contributed by atoms with Gasteiger partial charge in [0.2, 0.25) is 5.91 Å². The van der Waals surface area contributed by atoms with E-state index < -0.39 is 17.6 Å². The molecule has 5 nitrogen and oxygen atoms in total. The van der Waals surface area contributed by atoms with E-state index >= 15 is 0 Å². The van der Waals surface area contributed by atoms with Gasteiger partial charge in [-0.2, -0.15) is 13.2 Å². The van der Waals surface area contributed by atoms with Crippen LogP contribution >= 0.6 is 23.4 Å². The minimum Gasteiger partial charge on any atom is -0.309 e. The van der Waals surface area contributed by atoms with E-state index in [4.69, 9.17) is 16.6 Å². The van der Waals surface area contributed by atoms with Gasteiger partial charge in [-0.15, -0.1) is 0 Å². The number of thioether (sulfide) groups is 1. The molecule has 162 valence electrons. The molecule has 1 aliphatic carbocycles. The highest BCUT2D eigenvalue weighted by molar-refractivity contribution is 7.99. The van der Waals surface area contributed by atoms with Gasteiger partial charge in [0.1, 0.15) is 0 Å². The average molecular weight is 467 g/mol. The highest BCUT2D eigenvalue weighted by atomic mass is 35.5. The Labute approximate surface area is 186 Å². The first-order chi connectivity index (χ1) is 14.8. The second kappa shape index (κ2) is 8.92. The molecule has 0 spiro atoms. The van der Waals surface area contributed by atoms with Crippen LogP contribution in [0.2, 0.25) is 5.02 Å². The summed E-state index contributed by atoms with van der Waals surface area (Å²) in [5.74, 6) is -0.521. The molecule has 0 atom stereocenters. The van der Waals surface area contributed by atoms with Crippen molar-refractivity contribution in [1.29, 1.82) is 0 Å². The number of rotatable bonds is 5. The summed E-state index contributed by atoms with van der Waals surface area (Å²) in [4.78, 5) is 20.8. The van der Waals surface area contributed by atoms with Crippen molar-refractivity contribution < 1.29 is 18.0 Å². The van der Waals surface area contributed by atoms with Crippen molar-refractivity contribution in [1.82, 2.24) is 14.5 Å². The number of imidazole rings is 1. The summed E-state index contributed by atoms with van der Waals surface area (Å²) in [6.45, 7) is 0. The van der Waals surface area contributed by atoms with Crippen LogP contribution in [0.3, 0.4) is 0 Å². The number of anilines is 1. The summed E-state index contributed by atoms with van der Waals surface area (Å²) < 4.78 is 40.3. The topological polar surface area (TPSA) is 59.8 Å². The van der Waals surface area contributed by atoms with Crippen LogP contribution in [0.4, 0.5) is 19.0 Å². The maximum Gasteiger partial charge on any atom is 0.417 e. The number of benzene rings is 1. The van der Waals surface area contributed by atoms with Crippen molar-refractivity contribution in [3.63, 3.8) is 0 Å². The fraction of sp³-hybridized carbons (Fsp3) is 0.286. The SMILES string of the molecule is O=C(CSc1nc2c(n1-c1ccccc1)CCCC2)Nc1ncc(C(F)(F)F)cc1Cl. The Morgan fingerprint density at radius 3 is 2.65 bits per heavy atom. The van der Waals surface area contributed by atoms with Gasteiger partial charge < -0.3 is 5.32 Å². The van der Waals surface area contributed by atoms with Crippen molar-refractivity contribution in [3.05, 3.63) is 64.6 Å². The maximum absolute atomic E-state index is 12.7. The van der Waals surface area contributed by atoms with Gasteiger partial charge in [-0.25, -0.2) is 9.97 Å². The molecule has 0 fully saturated rings. The van der Waals surface area contributed by atoms with Crippen molar-refractivity contribution in [3.8, 4) is 5.69 Å². The van der Waals surface area contributed by atoms with E-state index in [9.17, 15) is 18.0 Å². The quantitative estimate of drug-likeness (QED) is 0.501. The lowest BCUT2D eigenvalue weighted by molar-refractivity contribution is -0.137. The predicted octanol–water partition coefficient (Wildman–Crippen LogP) is 5.55. The number of carbonyl (C=O) groups excluding carboxylic acids is 1. The first kappa shape index (κ1) is 21.7. The van der Waals surface area contributed by atoms with Crippen LogP contribution < -0.4 is 5.32 Å². The third kappa shape index (κ3) is 4.88. The van der Waals surface area contributed by atoms with Crippen LogP contribution in [0.5, 0.6) is 0 Å². The van der Waals surface area contributed by atoms with E-state index in [-0.39, 0.29) is 16.6 Å². The van der Waals surface area contributed by atoms with Crippen molar-refractivity contribution in [2.75, 3.05) is 11.1 Å². The molecule has 1 aliphatic rings. The monoisotopic (exact) mass is 466 g/mol. The summed E-state index contributed by atoms with van der Waals surface area (Å²) in [7, 11) is 0. The van der Waals surface area contributed by atoms with Gasteiger partial charge in [0.25, 0.3) is 0 Å². The summed E-state index contributed by atoms with van der Waals surface area (Å²) in [6.07, 6.45) is 0.0955. The zero-order chi connectivity index (χ0) is 22.0. The minimum atomic E-state index is -4.55. The zero-order valence-corrected chi connectivity index (χ0v) is 17.8. The molecule has 0 bridgehead atoms. The van der Waals surface area contributed by atoms with Gasteiger partial charge >= 0.3 is 6.18 Å². The van der Waals surface area contributed by atoms with Crippen LogP contribution in [-0.4, -0.2) is 26.2 Å². The highest BCUT2D eigenvalue weighted by Gasteiger charge is 2.31. The molecule has 1 amide bonds. The number of hydrogen-bond acceptors (Lipinski definition) is 4. The Morgan fingerprint density at radius 2 is 1.94 bits per heavy atom. The first-order valence-electron chi connectivity index (χ1n) is 9.64. The van der Waals surface area contributed by atoms with Gasteiger partial charge in [-0.1, -0.05) is 41.6 Å². The van der Waals surface area contributed by atoms with Gasteiger partial charge in [-0.05, 0) is 43.9 Å². The molecule has 0 aliphatic heterocycles. The number of carbonyl (C=O) groups is 1. The highest BCUT2D eigenvalue weighted by Crippen LogP contribution is 2.33. The maximum atomic E-state index is 12.7. The van der Waals surface area contributed by atoms with E-state index in [1.165, 1.54) is 11.8 Å². The molecule has 0 saturated carbocycles. The van der Waals surface area contributed by atoms with Gasteiger partial charge in [0.15, 0.2) is 11.0 Å². The second-order valence-corrected chi connectivity index (χ2v) is 8.40. The van der Waals surface area contributed by atoms with Crippen molar-refractivity contribution >= 4 is 35.1 Å². The number of aromatic nitrogens is 3. The molecule has 0 saturated heterocycles. The normalized spacial score (nSPS) is 13.7. The summed E-state index contributed by atoms with van der Waals surface area (Å²) in [6, 6.07) is 10.6.